The van der Waals surface area contributed by atoms with Crippen molar-refractivity contribution in [1.29, 1.82) is 0 Å². The van der Waals surface area contributed by atoms with E-state index in [2.05, 4.69) is 9.97 Å². The third-order valence-electron chi connectivity index (χ3n) is 5.20. The summed E-state index contributed by atoms with van der Waals surface area (Å²) in [4.78, 5) is 33.4. The van der Waals surface area contributed by atoms with Crippen LogP contribution in [0.1, 0.15) is 28.3 Å². The molecule has 0 bridgehead atoms. The second-order valence-corrected chi connectivity index (χ2v) is 7.20. The molecule has 3 aromatic rings. The summed E-state index contributed by atoms with van der Waals surface area (Å²) in [6.45, 7) is 3.03. The second kappa shape index (κ2) is 8.02. The molecule has 0 spiro atoms. The number of fused-ring (bicyclic) bond motifs is 1. The highest BCUT2D eigenvalue weighted by atomic mass is 16.5. The standard InChI is InChI=1S/C19H21BN4O6/c1-11-8-23(17(25)7-13(11)20(27)28)10-16-21-14-3-4-15(19(26)29-2)22-18(14)24(16)9-12-5-6-30-12/h3-4,7-8,12,27-28H,5-6,9-10H2,1-2H3/t12-/m0/s1. The number of aryl methyl sites for hydroxylation is 1. The Morgan fingerprint density at radius 2 is 2.13 bits per heavy atom. The molecule has 0 aromatic carbocycles. The lowest BCUT2D eigenvalue weighted by Gasteiger charge is -2.27. The van der Waals surface area contributed by atoms with Crippen LogP contribution in [0.5, 0.6) is 0 Å². The van der Waals surface area contributed by atoms with Gasteiger partial charge in [0.25, 0.3) is 5.56 Å². The molecule has 1 atom stereocenters. The van der Waals surface area contributed by atoms with Crippen LogP contribution in [-0.4, -0.2) is 62.1 Å². The SMILES string of the molecule is COC(=O)c1ccc2nc(Cn3cc(C)c(B(O)O)cc3=O)n(C[C@@H]3CCO3)c2n1. The average molecular weight is 412 g/mol. The van der Waals surface area contributed by atoms with Crippen LogP contribution in [0.2, 0.25) is 0 Å². The van der Waals surface area contributed by atoms with Crippen LogP contribution in [0, 0.1) is 6.92 Å². The Kier molecular flexibility index (Phi) is 5.41. The summed E-state index contributed by atoms with van der Waals surface area (Å²) < 4.78 is 13.6. The van der Waals surface area contributed by atoms with Crippen molar-refractivity contribution in [3.8, 4) is 0 Å². The first-order valence-electron chi connectivity index (χ1n) is 9.50. The maximum absolute atomic E-state index is 12.5. The molecule has 0 amide bonds. The number of rotatable bonds is 6. The van der Waals surface area contributed by atoms with E-state index in [4.69, 9.17) is 9.47 Å². The van der Waals surface area contributed by atoms with E-state index in [1.54, 1.807) is 25.3 Å². The zero-order chi connectivity index (χ0) is 21.4. The molecule has 4 heterocycles. The number of carbonyl (C=O) groups excluding carboxylic acids is 1. The maximum atomic E-state index is 12.5. The van der Waals surface area contributed by atoms with Crippen LogP contribution < -0.4 is 11.0 Å². The minimum Gasteiger partial charge on any atom is -0.464 e. The van der Waals surface area contributed by atoms with Gasteiger partial charge < -0.3 is 28.7 Å². The number of hydrogen-bond acceptors (Lipinski definition) is 8. The topological polar surface area (TPSA) is 129 Å². The zero-order valence-electron chi connectivity index (χ0n) is 16.6. The first-order valence-corrected chi connectivity index (χ1v) is 9.50. The van der Waals surface area contributed by atoms with Crippen LogP contribution in [0.15, 0.2) is 29.2 Å². The van der Waals surface area contributed by atoms with E-state index >= 15 is 0 Å². The van der Waals surface area contributed by atoms with E-state index in [-0.39, 0.29) is 29.4 Å². The molecule has 10 nitrogen and oxygen atoms in total. The summed E-state index contributed by atoms with van der Waals surface area (Å²) in [5.74, 6) is 0.0323. The van der Waals surface area contributed by atoms with Gasteiger partial charge in [0.1, 0.15) is 11.3 Å². The van der Waals surface area contributed by atoms with Gasteiger partial charge in [0.05, 0.1) is 26.3 Å². The summed E-state index contributed by atoms with van der Waals surface area (Å²) >= 11 is 0. The van der Waals surface area contributed by atoms with E-state index in [1.165, 1.54) is 17.7 Å². The number of imidazole rings is 1. The highest BCUT2D eigenvalue weighted by molar-refractivity contribution is 6.59. The first kappa shape index (κ1) is 20.3. The van der Waals surface area contributed by atoms with Crippen molar-refractivity contribution in [2.24, 2.45) is 0 Å². The molecule has 2 N–H and O–H groups in total. The quantitative estimate of drug-likeness (QED) is 0.398. The number of aromatic nitrogens is 4. The molecule has 1 aliphatic rings. The minimum atomic E-state index is -1.71. The molecule has 4 rings (SSSR count). The molecule has 1 aliphatic heterocycles. The Morgan fingerprint density at radius 1 is 1.37 bits per heavy atom. The lowest BCUT2D eigenvalue weighted by molar-refractivity contribution is -0.0591. The summed E-state index contributed by atoms with van der Waals surface area (Å²) in [6.07, 6.45) is 2.47. The van der Waals surface area contributed by atoms with Crippen molar-refractivity contribution in [3.05, 3.63) is 51.8 Å². The monoisotopic (exact) mass is 412 g/mol. The van der Waals surface area contributed by atoms with Crippen molar-refractivity contribution in [2.75, 3.05) is 13.7 Å². The van der Waals surface area contributed by atoms with Gasteiger partial charge in [-0.2, -0.15) is 0 Å². The predicted octanol–water partition coefficient (Wildman–Crippen LogP) is -0.795. The molecule has 1 saturated heterocycles. The van der Waals surface area contributed by atoms with Crippen LogP contribution in [0.25, 0.3) is 11.2 Å². The Morgan fingerprint density at radius 3 is 2.77 bits per heavy atom. The molecule has 0 unspecified atom stereocenters. The summed E-state index contributed by atoms with van der Waals surface area (Å²) in [5.41, 5.74) is 1.62. The fourth-order valence-corrected chi connectivity index (χ4v) is 3.47. The third-order valence-corrected chi connectivity index (χ3v) is 5.20. The molecule has 11 heteroatoms. The fourth-order valence-electron chi connectivity index (χ4n) is 3.47. The fraction of sp³-hybridized carbons (Fsp3) is 0.368. The number of ether oxygens (including phenoxy) is 2. The Bertz CT molecular complexity index is 1170. The third kappa shape index (κ3) is 3.74. The molecular weight excluding hydrogens is 391 g/mol. The van der Waals surface area contributed by atoms with Crippen LogP contribution >= 0.6 is 0 Å². The van der Waals surface area contributed by atoms with Crippen LogP contribution in [-0.2, 0) is 22.6 Å². The van der Waals surface area contributed by atoms with E-state index < -0.39 is 13.1 Å². The highest BCUT2D eigenvalue weighted by Crippen LogP contribution is 2.21. The van der Waals surface area contributed by atoms with E-state index in [1.807, 2.05) is 4.57 Å². The first-order chi connectivity index (χ1) is 14.4. The van der Waals surface area contributed by atoms with Gasteiger partial charge in [0.15, 0.2) is 11.3 Å². The smallest absolute Gasteiger partial charge is 0.464 e. The Labute approximate surface area is 171 Å². The van der Waals surface area contributed by atoms with E-state index in [9.17, 15) is 19.6 Å². The number of nitrogens with zero attached hydrogens (tertiary/aromatic N) is 4. The van der Waals surface area contributed by atoms with Gasteiger partial charge in [0.2, 0.25) is 0 Å². The van der Waals surface area contributed by atoms with Crippen LogP contribution in [0.3, 0.4) is 0 Å². The molecule has 0 saturated carbocycles. The predicted molar refractivity (Wildman–Crippen MR) is 108 cm³/mol. The molecule has 0 aliphatic carbocycles. The normalized spacial score (nSPS) is 15.8. The molecular formula is C19H21BN4O6. The van der Waals surface area contributed by atoms with Crippen LogP contribution in [0.4, 0.5) is 0 Å². The second-order valence-electron chi connectivity index (χ2n) is 7.20. The largest absolute Gasteiger partial charge is 0.488 e. The summed E-state index contributed by atoms with van der Waals surface area (Å²) in [5, 5.41) is 18.8. The molecule has 1 fully saturated rings. The molecule has 30 heavy (non-hydrogen) atoms. The van der Waals surface area contributed by atoms with Gasteiger partial charge >= 0.3 is 13.1 Å². The van der Waals surface area contributed by atoms with Gasteiger partial charge in [-0.15, -0.1) is 0 Å². The van der Waals surface area contributed by atoms with Crippen molar-refractivity contribution < 1.29 is 24.3 Å². The molecule has 3 aromatic heterocycles. The molecule has 0 radical (unpaired) electrons. The van der Waals surface area contributed by atoms with Crippen molar-refractivity contribution in [1.82, 2.24) is 19.1 Å². The van der Waals surface area contributed by atoms with Crippen molar-refractivity contribution in [3.63, 3.8) is 0 Å². The number of carbonyl (C=O) groups is 1. The summed E-state index contributed by atoms with van der Waals surface area (Å²) in [7, 11) is -0.422. The summed E-state index contributed by atoms with van der Waals surface area (Å²) in [6, 6.07) is 4.44. The number of esters is 1. The lowest BCUT2D eigenvalue weighted by Crippen LogP contribution is -2.38. The average Bonchev–Trinajstić information content (AvgIpc) is 3.02. The minimum absolute atomic E-state index is 0.00935. The Balaban J connectivity index is 1.78. The van der Waals surface area contributed by atoms with Gasteiger partial charge in [-0.25, -0.2) is 14.8 Å². The lowest BCUT2D eigenvalue weighted by atomic mass is 9.78. The number of methoxy groups -OCH3 is 1. The van der Waals surface area contributed by atoms with E-state index in [0.29, 0.717) is 35.7 Å². The number of hydrogen-bond donors (Lipinski definition) is 2. The van der Waals surface area contributed by atoms with Gasteiger partial charge in [-0.1, -0.05) is 0 Å². The number of pyridine rings is 2. The van der Waals surface area contributed by atoms with Gasteiger partial charge in [0, 0.05) is 18.9 Å². The maximum Gasteiger partial charge on any atom is 0.488 e. The van der Waals surface area contributed by atoms with Crippen molar-refractivity contribution in [2.45, 2.75) is 32.5 Å². The highest BCUT2D eigenvalue weighted by Gasteiger charge is 2.24. The van der Waals surface area contributed by atoms with Gasteiger partial charge in [-0.3, -0.25) is 4.79 Å². The Hall–Kier alpha value is -3.02. The van der Waals surface area contributed by atoms with Gasteiger partial charge in [-0.05, 0) is 36.5 Å². The van der Waals surface area contributed by atoms with E-state index in [0.717, 1.165) is 6.42 Å². The zero-order valence-corrected chi connectivity index (χ0v) is 16.6. The van der Waals surface area contributed by atoms with Crippen molar-refractivity contribution >= 4 is 29.7 Å². The molecule has 156 valence electrons.